The molecule has 4 rings (SSSR count). The zero-order chi connectivity index (χ0) is 13.8. The average Bonchev–Trinajstić information content (AvgIpc) is 2.87. The van der Waals surface area contributed by atoms with E-state index in [1.54, 1.807) is 6.20 Å². The van der Waals surface area contributed by atoms with Crippen LogP contribution in [0, 0.1) is 6.92 Å². The smallest absolute Gasteiger partial charge is 0.0372 e. The molecule has 0 spiro atoms. The van der Waals surface area contributed by atoms with Crippen molar-refractivity contribution in [2.45, 2.75) is 13.3 Å². The third-order valence-corrected chi connectivity index (χ3v) is 3.52. The standard InChI is InChI=1S/C13H10.C6H7N/c1-3-7-12-10(5-1)9-11-6-2-4-8-13(11)12;1-6-4-2-3-5-7-6/h1-8H,9H2;2-5H,1H3. The predicted molar refractivity (Wildman–Crippen MR) is 83.7 cm³/mol. The molecule has 1 heterocycles. The molecule has 0 amide bonds. The van der Waals surface area contributed by atoms with Gasteiger partial charge in [0, 0.05) is 11.9 Å². The molecule has 0 atom stereocenters. The molecule has 2 aromatic carbocycles. The van der Waals surface area contributed by atoms with Gasteiger partial charge in [-0.25, -0.2) is 0 Å². The normalized spacial score (nSPS) is 11.1. The highest BCUT2D eigenvalue weighted by molar-refractivity contribution is 5.76. The Morgan fingerprint density at radius 1 is 0.700 bits per heavy atom. The fourth-order valence-electron chi connectivity index (χ4n) is 2.53. The van der Waals surface area contributed by atoms with Crippen molar-refractivity contribution in [3.63, 3.8) is 0 Å². The molecule has 0 radical (unpaired) electrons. The van der Waals surface area contributed by atoms with Crippen LogP contribution in [-0.4, -0.2) is 4.98 Å². The number of hydrogen-bond acceptors (Lipinski definition) is 1. The molecular weight excluding hydrogens is 242 g/mol. The molecular formula is C19H17N. The second-order valence-electron chi connectivity index (χ2n) is 4.96. The molecule has 0 saturated heterocycles. The van der Waals surface area contributed by atoms with Crippen LogP contribution in [0.15, 0.2) is 72.9 Å². The van der Waals surface area contributed by atoms with Gasteiger partial charge in [-0.05, 0) is 47.7 Å². The summed E-state index contributed by atoms with van der Waals surface area (Å²) in [6.45, 7) is 1.97. The van der Waals surface area contributed by atoms with Crippen molar-refractivity contribution in [1.82, 2.24) is 4.98 Å². The lowest BCUT2D eigenvalue weighted by atomic mass is 10.1. The molecule has 98 valence electrons. The number of rotatable bonds is 0. The quantitative estimate of drug-likeness (QED) is 0.448. The van der Waals surface area contributed by atoms with E-state index in [0.29, 0.717) is 0 Å². The van der Waals surface area contributed by atoms with E-state index in [1.165, 1.54) is 22.3 Å². The minimum Gasteiger partial charge on any atom is -0.262 e. The predicted octanol–water partition coefficient (Wildman–Crippen LogP) is 4.65. The van der Waals surface area contributed by atoms with Gasteiger partial charge < -0.3 is 0 Å². The van der Waals surface area contributed by atoms with Crippen LogP contribution < -0.4 is 0 Å². The summed E-state index contributed by atoms with van der Waals surface area (Å²) in [6.07, 6.45) is 2.89. The first kappa shape index (κ1) is 12.6. The number of hydrogen-bond donors (Lipinski definition) is 0. The number of nitrogens with zero attached hydrogens (tertiary/aromatic N) is 1. The van der Waals surface area contributed by atoms with E-state index in [2.05, 4.69) is 53.5 Å². The highest BCUT2D eigenvalue weighted by atomic mass is 14.6. The fourth-order valence-corrected chi connectivity index (χ4v) is 2.53. The van der Waals surface area contributed by atoms with Gasteiger partial charge in [0.15, 0.2) is 0 Å². The van der Waals surface area contributed by atoms with E-state index in [9.17, 15) is 0 Å². The first-order valence-electron chi connectivity index (χ1n) is 6.88. The number of pyridine rings is 1. The Kier molecular flexibility index (Phi) is 3.60. The lowest BCUT2D eigenvalue weighted by Gasteiger charge is -1.98. The average molecular weight is 259 g/mol. The summed E-state index contributed by atoms with van der Waals surface area (Å²) in [5.74, 6) is 0. The maximum atomic E-state index is 3.98. The summed E-state index contributed by atoms with van der Waals surface area (Å²) < 4.78 is 0. The Morgan fingerprint density at radius 2 is 1.25 bits per heavy atom. The zero-order valence-corrected chi connectivity index (χ0v) is 11.6. The van der Waals surface area contributed by atoms with Crippen molar-refractivity contribution in [3.8, 4) is 11.1 Å². The van der Waals surface area contributed by atoms with E-state index < -0.39 is 0 Å². The Hall–Kier alpha value is -2.41. The van der Waals surface area contributed by atoms with Crippen LogP contribution in [-0.2, 0) is 6.42 Å². The minimum atomic E-state index is 1.07. The molecule has 1 nitrogen and oxygen atoms in total. The number of aromatic nitrogens is 1. The van der Waals surface area contributed by atoms with E-state index in [0.717, 1.165) is 12.1 Å². The maximum Gasteiger partial charge on any atom is 0.0372 e. The van der Waals surface area contributed by atoms with E-state index in [-0.39, 0.29) is 0 Å². The Balaban J connectivity index is 0.000000147. The molecule has 1 aliphatic rings. The highest BCUT2D eigenvalue weighted by Gasteiger charge is 2.15. The molecule has 20 heavy (non-hydrogen) atoms. The topological polar surface area (TPSA) is 12.9 Å². The van der Waals surface area contributed by atoms with Gasteiger partial charge in [0.1, 0.15) is 0 Å². The van der Waals surface area contributed by atoms with Crippen molar-refractivity contribution >= 4 is 0 Å². The van der Waals surface area contributed by atoms with Crippen molar-refractivity contribution in [2.75, 3.05) is 0 Å². The molecule has 0 bridgehead atoms. The second-order valence-corrected chi connectivity index (χ2v) is 4.96. The number of fused-ring (bicyclic) bond motifs is 3. The third kappa shape index (κ3) is 2.62. The van der Waals surface area contributed by atoms with Gasteiger partial charge in [0.05, 0.1) is 0 Å². The van der Waals surface area contributed by atoms with Crippen molar-refractivity contribution < 1.29 is 0 Å². The molecule has 0 saturated carbocycles. The second kappa shape index (κ2) is 5.70. The minimum absolute atomic E-state index is 1.07. The van der Waals surface area contributed by atoms with Crippen molar-refractivity contribution in [2.24, 2.45) is 0 Å². The lowest BCUT2D eigenvalue weighted by Crippen LogP contribution is -1.77. The third-order valence-electron chi connectivity index (χ3n) is 3.52. The van der Waals surface area contributed by atoms with Gasteiger partial charge in [-0.2, -0.15) is 0 Å². The molecule has 0 N–H and O–H groups in total. The molecule has 1 aromatic heterocycles. The van der Waals surface area contributed by atoms with Crippen LogP contribution in [0.4, 0.5) is 0 Å². The Bertz CT molecular complexity index is 658. The van der Waals surface area contributed by atoms with E-state index in [4.69, 9.17) is 0 Å². The van der Waals surface area contributed by atoms with E-state index >= 15 is 0 Å². The SMILES string of the molecule is Cc1ccccn1.c1ccc2c(c1)Cc1ccccc1-2. The van der Waals surface area contributed by atoms with E-state index in [1.807, 2.05) is 25.1 Å². The Morgan fingerprint density at radius 3 is 1.70 bits per heavy atom. The summed E-state index contributed by atoms with van der Waals surface area (Å²) in [5, 5.41) is 0. The van der Waals surface area contributed by atoms with Crippen LogP contribution in [0.2, 0.25) is 0 Å². The largest absolute Gasteiger partial charge is 0.262 e. The van der Waals surface area contributed by atoms with Crippen LogP contribution in [0.1, 0.15) is 16.8 Å². The summed E-state index contributed by atoms with van der Waals surface area (Å²) >= 11 is 0. The summed E-state index contributed by atoms with van der Waals surface area (Å²) in [6, 6.07) is 23.2. The molecule has 0 aliphatic heterocycles. The molecule has 1 heteroatoms. The Labute approximate surface area is 119 Å². The van der Waals surface area contributed by atoms with Gasteiger partial charge in [0.2, 0.25) is 0 Å². The van der Waals surface area contributed by atoms with Crippen LogP contribution in [0.25, 0.3) is 11.1 Å². The fraction of sp³-hybridized carbons (Fsp3) is 0.105. The molecule has 3 aromatic rings. The van der Waals surface area contributed by atoms with Gasteiger partial charge >= 0.3 is 0 Å². The summed E-state index contributed by atoms with van der Waals surface area (Å²) in [7, 11) is 0. The number of aryl methyl sites for hydroxylation is 1. The molecule has 0 fully saturated rings. The maximum absolute atomic E-state index is 3.98. The summed E-state index contributed by atoms with van der Waals surface area (Å²) in [5.41, 5.74) is 6.83. The molecule has 1 aliphatic carbocycles. The van der Waals surface area contributed by atoms with Crippen LogP contribution in [0.5, 0.6) is 0 Å². The van der Waals surface area contributed by atoms with Crippen LogP contribution in [0.3, 0.4) is 0 Å². The lowest BCUT2D eigenvalue weighted by molar-refractivity contribution is 1.20. The highest BCUT2D eigenvalue weighted by Crippen LogP contribution is 2.35. The first-order chi connectivity index (χ1) is 9.84. The number of benzene rings is 2. The van der Waals surface area contributed by atoms with Crippen molar-refractivity contribution in [1.29, 1.82) is 0 Å². The zero-order valence-electron chi connectivity index (χ0n) is 11.6. The van der Waals surface area contributed by atoms with Gasteiger partial charge in [-0.15, -0.1) is 0 Å². The van der Waals surface area contributed by atoms with Crippen LogP contribution >= 0.6 is 0 Å². The van der Waals surface area contributed by atoms with Crippen molar-refractivity contribution in [3.05, 3.63) is 89.7 Å². The first-order valence-corrected chi connectivity index (χ1v) is 6.88. The summed E-state index contributed by atoms with van der Waals surface area (Å²) in [4.78, 5) is 3.98. The van der Waals surface area contributed by atoms with Gasteiger partial charge in [-0.1, -0.05) is 54.6 Å². The van der Waals surface area contributed by atoms with Gasteiger partial charge in [0.25, 0.3) is 0 Å². The molecule has 0 unspecified atom stereocenters. The monoisotopic (exact) mass is 259 g/mol. The van der Waals surface area contributed by atoms with Gasteiger partial charge in [-0.3, -0.25) is 4.98 Å².